The number of carbonyl (C=O) groups is 4. The van der Waals surface area contributed by atoms with E-state index in [0.29, 0.717) is 19.3 Å². The van der Waals surface area contributed by atoms with Crippen LogP contribution in [0, 0.1) is 0 Å². The summed E-state index contributed by atoms with van der Waals surface area (Å²) in [4.78, 5) is 51.4. The summed E-state index contributed by atoms with van der Waals surface area (Å²) in [6, 6.07) is 0. The normalized spacial score (nSPS) is 18.4. The second-order valence-corrected chi connectivity index (χ2v) is 21.6. The Hall–Kier alpha value is -5.40. The third-order valence-electron chi connectivity index (χ3n) is 13.9. The number of unbranched alkanes of at least 4 members (excludes halogenated alkanes) is 16. The SMILES string of the molecule is CC/C=C\C/C=C\C/C=C\C/C=C\C/C=C\CCCCCC(=O)OCC(COC1OC(C(=O)O)C(O)C(O)C1OC(=O)CCCCCCCCC/C=C\C/C=C\CCCCC)OC(=O)CCCCC/C=C\C/C=C\C/C=C\C/C=C\C/C=C\CC. The van der Waals surface area contributed by atoms with Crippen LogP contribution in [0.3, 0.4) is 0 Å². The highest BCUT2D eigenvalue weighted by Crippen LogP contribution is 2.26. The lowest BCUT2D eigenvalue weighted by Gasteiger charge is -2.40. The Morgan fingerprint density at radius 1 is 0.400 bits per heavy atom. The maximum absolute atomic E-state index is 13.2. The topological polar surface area (TPSA) is 175 Å². The number of rotatable bonds is 54. The number of hydrogen-bond donors (Lipinski definition) is 3. The molecule has 0 amide bonds. The lowest BCUT2D eigenvalue weighted by atomic mass is 9.98. The number of carboxylic acids is 1. The highest BCUT2D eigenvalue weighted by Gasteiger charge is 2.50. The molecule has 6 atom stereocenters. The molecule has 1 saturated heterocycles. The zero-order chi connectivity index (χ0) is 61.7. The molecule has 0 spiro atoms. The largest absolute Gasteiger partial charge is 0.479 e. The first kappa shape index (κ1) is 77.6. The molecule has 0 aromatic carbocycles. The Morgan fingerprint density at radius 2 is 0.741 bits per heavy atom. The van der Waals surface area contributed by atoms with Crippen molar-refractivity contribution in [2.75, 3.05) is 13.2 Å². The third kappa shape index (κ3) is 48.4. The maximum atomic E-state index is 13.2. The van der Waals surface area contributed by atoms with Gasteiger partial charge in [-0.3, -0.25) is 14.4 Å². The minimum atomic E-state index is -1.93. The fourth-order valence-electron chi connectivity index (χ4n) is 8.92. The molecule has 1 heterocycles. The van der Waals surface area contributed by atoms with E-state index in [9.17, 15) is 34.5 Å². The molecule has 0 aliphatic carbocycles. The number of allylic oxidation sites excluding steroid dienone is 24. The van der Waals surface area contributed by atoms with Gasteiger partial charge in [-0.25, -0.2) is 4.79 Å². The number of aliphatic hydroxyl groups is 2. The average Bonchev–Trinajstić information content (AvgIpc) is 3.46. The van der Waals surface area contributed by atoms with Crippen molar-refractivity contribution in [2.45, 2.75) is 276 Å². The van der Waals surface area contributed by atoms with E-state index in [1.54, 1.807) is 0 Å². The van der Waals surface area contributed by atoms with Gasteiger partial charge >= 0.3 is 23.9 Å². The van der Waals surface area contributed by atoms with Gasteiger partial charge in [0.25, 0.3) is 0 Å². The number of carbonyl (C=O) groups excluding carboxylic acids is 3. The molecule has 3 N–H and O–H groups in total. The number of hydrogen-bond acceptors (Lipinski definition) is 11. The first-order chi connectivity index (χ1) is 41.6. The highest BCUT2D eigenvalue weighted by atomic mass is 16.7. The Balaban J connectivity index is 2.73. The van der Waals surface area contributed by atoms with Crippen LogP contribution in [0.25, 0.3) is 0 Å². The summed E-state index contributed by atoms with van der Waals surface area (Å²) in [6.07, 6.45) is 72.2. The average molecular weight is 1180 g/mol. The van der Waals surface area contributed by atoms with Gasteiger partial charge in [-0.05, 0) is 141 Å². The monoisotopic (exact) mass is 1180 g/mol. The minimum absolute atomic E-state index is 0.0358. The van der Waals surface area contributed by atoms with Crippen LogP contribution in [0.2, 0.25) is 0 Å². The number of esters is 3. The van der Waals surface area contributed by atoms with Crippen molar-refractivity contribution in [2.24, 2.45) is 0 Å². The highest BCUT2D eigenvalue weighted by molar-refractivity contribution is 5.74. The van der Waals surface area contributed by atoms with Crippen LogP contribution in [0.5, 0.6) is 0 Å². The van der Waals surface area contributed by atoms with E-state index < -0.39 is 67.3 Å². The zero-order valence-electron chi connectivity index (χ0n) is 52.8. The van der Waals surface area contributed by atoms with E-state index in [0.717, 1.165) is 161 Å². The van der Waals surface area contributed by atoms with Crippen molar-refractivity contribution in [3.63, 3.8) is 0 Å². The van der Waals surface area contributed by atoms with Crippen molar-refractivity contribution in [3.8, 4) is 0 Å². The van der Waals surface area contributed by atoms with Crippen LogP contribution in [0.15, 0.2) is 146 Å². The molecule has 6 unspecified atom stereocenters. The Labute approximate surface area is 514 Å². The summed E-state index contributed by atoms with van der Waals surface area (Å²) in [5, 5.41) is 31.6. The van der Waals surface area contributed by atoms with Gasteiger partial charge < -0.3 is 39.0 Å². The molecule has 85 heavy (non-hydrogen) atoms. The number of carboxylic acid groups (broad SMARTS) is 1. The summed E-state index contributed by atoms with van der Waals surface area (Å²) in [6.45, 7) is 5.69. The van der Waals surface area contributed by atoms with Gasteiger partial charge in [0.2, 0.25) is 0 Å². The Bertz CT molecular complexity index is 2030. The number of ether oxygens (including phenoxy) is 5. The van der Waals surface area contributed by atoms with Gasteiger partial charge in [-0.1, -0.05) is 224 Å². The smallest absolute Gasteiger partial charge is 0.335 e. The molecule has 0 radical (unpaired) electrons. The molecule has 12 nitrogen and oxygen atoms in total. The maximum Gasteiger partial charge on any atom is 0.335 e. The van der Waals surface area contributed by atoms with Gasteiger partial charge in [0.05, 0.1) is 6.61 Å². The summed E-state index contributed by atoms with van der Waals surface area (Å²) >= 11 is 0. The van der Waals surface area contributed by atoms with Crippen molar-refractivity contribution < 1.29 is 58.2 Å². The van der Waals surface area contributed by atoms with Gasteiger partial charge in [0.1, 0.15) is 18.8 Å². The molecule has 0 aromatic rings. The summed E-state index contributed by atoms with van der Waals surface area (Å²) in [5.74, 6) is -3.24. The lowest BCUT2D eigenvalue weighted by molar-refractivity contribution is -0.301. The minimum Gasteiger partial charge on any atom is -0.479 e. The molecule has 1 fully saturated rings. The van der Waals surface area contributed by atoms with Gasteiger partial charge in [-0.15, -0.1) is 0 Å². The molecule has 0 bridgehead atoms. The van der Waals surface area contributed by atoms with Gasteiger partial charge in [-0.2, -0.15) is 0 Å². The van der Waals surface area contributed by atoms with Crippen LogP contribution >= 0.6 is 0 Å². The van der Waals surface area contributed by atoms with E-state index in [2.05, 4.69) is 167 Å². The molecule has 12 heteroatoms. The predicted octanol–water partition coefficient (Wildman–Crippen LogP) is 17.9. The fraction of sp³-hybridized carbons (Fsp3) is 0.616. The summed E-state index contributed by atoms with van der Waals surface area (Å²) in [7, 11) is 0. The standard InChI is InChI=1S/C73H114O12/c1-4-7-10-13-16-19-22-25-28-31-33-36-38-41-44-47-50-53-56-59-65(74)81-62-64(83-66(75)60-57-54-51-48-45-42-40-37-34-32-29-26-23-20-17-14-11-8-5-2)63-82-73-71(69(78)68(77)70(85-73)72(79)80)84-67(76)61-58-55-52-49-46-43-39-35-30-27-24-21-18-15-12-9-6-3/h7-8,10-11,16-21,25-30,33-34,36-37,41-42,44-45,64,68-71,73,77-78H,4-6,9,12-15,22-24,31-32,35,38-40,43,46-63H2,1-3H3,(H,79,80)/b10-7-,11-8-,19-16-,20-17-,21-18-,28-25-,29-26-,30-27-,36-33-,37-34-,44-41-,45-42-. The molecule has 1 rings (SSSR count). The van der Waals surface area contributed by atoms with E-state index in [-0.39, 0.29) is 25.9 Å². The number of aliphatic hydroxyl groups excluding tert-OH is 2. The summed E-state index contributed by atoms with van der Waals surface area (Å²) in [5.41, 5.74) is 0. The van der Waals surface area contributed by atoms with Crippen LogP contribution in [-0.2, 0) is 42.9 Å². The van der Waals surface area contributed by atoms with Crippen LogP contribution in [-0.4, -0.2) is 89.2 Å². The molecule has 1 aliphatic rings. The predicted molar refractivity (Wildman–Crippen MR) is 349 cm³/mol. The van der Waals surface area contributed by atoms with Crippen LogP contribution in [0.4, 0.5) is 0 Å². The molecule has 0 aromatic heterocycles. The molecular weight excluding hydrogens is 1070 g/mol. The van der Waals surface area contributed by atoms with Gasteiger partial charge in [0.15, 0.2) is 24.6 Å². The molecule has 478 valence electrons. The quantitative estimate of drug-likeness (QED) is 0.0228. The van der Waals surface area contributed by atoms with Crippen molar-refractivity contribution in [1.82, 2.24) is 0 Å². The summed E-state index contributed by atoms with van der Waals surface area (Å²) < 4.78 is 28.5. The first-order valence-corrected chi connectivity index (χ1v) is 32.8. The van der Waals surface area contributed by atoms with Crippen molar-refractivity contribution in [3.05, 3.63) is 146 Å². The lowest BCUT2D eigenvalue weighted by Crippen LogP contribution is -2.61. The van der Waals surface area contributed by atoms with Crippen molar-refractivity contribution >= 4 is 23.9 Å². The van der Waals surface area contributed by atoms with E-state index in [1.807, 2.05) is 0 Å². The fourth-order valence-corrected chi connectivity index (χ4v) is 8.92. The third-order valence-corrected chi connectivity index (χ3v) is 13.9. The van der Waals surface area contributed by atoms with E-state index in [4.69, 9.17) is 23.7 Å². The molecule has 0 saturated carbocycles. The molecule has 1 aliphatic heterocycles. The van der Waals surface area contributed by atoms with Crippen LogP contribution < -0.4 is 0 Å². The second-order valence-electron chi connectivity index (χ2n) is 21.6. The van der Waals surface area contributed by atoms with Gasteiger partial charge in [0, 0.05) is 19.3 Å². The second kappa shape index (κ2) is 59.0. The number of aliphatic carboxylic acids is 1. The van der Waals surface area contributed by atoms with Crippen LogP contribution in [0.1, 0.15) is 239 Å². The van der Waals surface area contributed by atoms with Crippen molar-refractivity contribution in [1.29, 1.82) is 0 Å². The first-order valence-electron chi connectivity index (χ1n) is 32.8. The van der Waals surface area contributed by atoms with E-state index in [1.165, 1.54) is 19.3 Å². The zero-order valence-corrected chi connectivity index (χ0v) is 52.8. The Morgan fingerprint density at radius 3 is 1.14 bits per heavy atom. The van der Waals surface area contributed by atoms with E-state index >= 15 is 0 Å². The molecular formula is C73H114O12. The Kier molecular flexibility index (Phi) is 53.8.